The van der Waals surface area contributed by atoms with Gasteiger partial charge in [0.15, 0.2) is 0 Å². The molecule has 0 saturated heterocycles. The van der Waals surface area contributed by atoms with Crippen LogP contribution >= 0.6 is 25.3 Å². The predicted octanol–water partition coefficient (Wildman–Crippen LogP) is -0.159. The molecule has 4 nitrogen and oxygen atoms in total. The second-order valence-corrected chi connectivity index (χ2v) is 2.86. The molecular formula is C5H8O4S2. The standard InChI is InChI=1S/C5H8O4S2/c1-9-5(8)3(11)2(10)4(6)7/h2-3,10-11H,1H3,(H,6,7). The lowest BCUT2D eigenvalue weighted by Crippen LogP contribution is -2.32. The molecule has 0 bridgehead atoms. The zero-order valence-corrected chi connectivity index (χ0v) is 7.51. The fourth-order valence-electron chi connectivity index (χ4n) is 0.385. The van der Waals surface area contributed by atoms with Gasteiger partial charge in [-0.3, -0.25) is 9.59 Å². The first-order valence-electron chi connectivity index (χ1n) is 2.67. The molecule has 0 aliphatic heterocycles. The van der Waals surface area contributed by atoms with Crippen molar-refractivity contribution < 1.29 is 19.4 Å². The van der Waals surface area contributed by atoms with E-state index in [2.05, 4.69) is 30.0 Å². The fraction of sp³-hybridized carbons (Fsp3) is 0.600. The summed E-state index contributed by atoms with van der Waals surface area (Å²) >= 11 is 7.34. The van der Waals surface area contributed by atoms with Crippen LogP contribution in [-0.4, -0.2) is 34.7 Å². The highest BCUT2D eigenvalue weighted by molar-refractivity contribution is 7.86. The van der Waals surface area contributed by atoms with Crippen LogP contribution in [0.5, 0.6) is 0 Å². The molecule has 0 spiro atoms. The largest absolute Gasteiger partial charge is 0.480 e. The van der Waals surface area contributed by atoms with Gasteiger partial charge in [0.25, 0.3) is 0 Å². The molecule has 0 heterocycles. The minimum atomic E-state index is -1.20. The normalized spacial score (nSPS) is 15.2. The topological polar surface area (TPSA) is 63.6 Å². The van der Waals surface area contributed by atoms with Crippen LogP contribution in [0.2, 0.25) is 0 Å². The number of hydrogen-bond acceptors (Lipinski definition) is 5. The molecular weight excluding hydrogens is 188 g/mol. The molecule has 2 atom stereocenters. The number of carbonyl (C=O) groups is 2. The van der Waals surface area contributed by atoms with E-state index in [1.165, 1.54) is 0 Å². The number of methoxy groups -OCH3 is 1. The molecule has 0 aromatic carbocycles. The highest BCUT2D eigenvalue weighted by Gasteiger charge is 2.28. The molecule has 0 aliphatic carbocycles. The second-order valence-electron chi connectivity index (χ2n) is 1.75. The van der Waals surface area contributed by atoms with E-state index in [1.807, 2.05) is 0 Å². The van der Waals surface area contributed by atoms with E-state index in [0.717, 1.165) is 7.11 Å². The summed E-state index contributed by atoms with van der Waals surface area (Å²) in [4.78, 5) is 20.9. The minimum absolute atomic E-state index is 0.698. The Labute approximate surface area is 74.7 Å². The van der Waals surface area contributed by atoms with E-state index >= 15 is 0 Å². The number of carboxylic acid groups (broad SMARTS) is 1. The number of rotatable bonds is 3. The van der Waals surface area contributed by atoms with Gasteiger partial charge in [0.05, 0.1) is 7.11 Å². The molecule has 0 aromatic rings. The van der Waals surface area contributed by atoms with Gasteiger partial charge in [0, 0.05) is 0 Å². The monoisotopic (exact) mass is 196 g/mol. The van der Waals surface area contributed by atoms with Crippen molar-refractivity contribution in [3.05, 3.63) is 0 Å². The van der Waals surface area contributed by atoms with Gasteiger partial charge in [-0.1, -0.05) is 0 Å². The summed E-state index contributed by atoms with van der Waals surface area (Å²) in [7, 11) is 1.16. The average Bonchev–Trinajstić information content (AvgIpc) is 2.00. The lowest BCUT2D eigenvalue weighted by atomic mass is 10.3. The number of ether oxygens (including phenoxy) is 1. The minimum Gasteiger partial charge on any atom is -0.480 e. The Morgan fingerprint density at radius 3 is 2.09 bits per heavy atom. The van der Waals surface area contributed by atoms with Gasteiger partial charge in [0.2, 0.25) is 0 Å². The van der Waals surface area contributed by atoms with E-state index in [0.29, 0.717) is 0 Å². The van der Waals surface area contributed by atoms with Crippen molar-refractivity contribution in [3.63, 3.8) is 0 Å². The molecule has 0 aliphatic rings. The van der Waals surface area contributed by atoms with Crippen LogP contribution < -0.4 is 0 Å². The molecule has 6 heteroatoms. The molecule has 2 unspecified atom stereocenters. The Kier molecular flexibility index (Phi) is 4.36. The van der Waals surface area contributed by atoms with Gasteiger partial charge >= 0.3 is 11.9 Å². The fourth-order valence-corrected chi connectivity index (χ4v) is 0.739. The van der Waals surface area contributed by atoms with Crippen molar-refractivity contribution in [2.24, 2.45) is 0 Å². The number of hydrogen-bond donors (Lipinski definition) is 3. The highest BCUT2D eigenvalue weighted by Crippen LogP contribution is 2.10. The van der Waals surface area contributed by atoms with Crippen molar-refractivity contribution in [3.8, 4) is 0 Å². The summed E-state index contributed by atoms with van der Waals surface area (Å²) in [5.74, 6) is -1.89. The second kappa shape index (κ2) is 4.50. The van der Waals surface area contributed by atoms with Crippen LogP contribution in [0, 0.1) is 0 Å². The van der Waals surface area contributed by atoms with E-state index < -0.39 is 22.4 Å². The van der Waals surface area contributed by atoms with E-state index in [4.69, 9.17) is 5.11 Å². The van der Waals surface area contributed by atoms with Crippen molar-refractivity contribution in [2.45, 2.75) is 10.5 Å². The van der Waals surface area contributed by atoms with Gasteiger partial charge in [0.1, 0.15) is 10.5 Å². The summed E-state index contributed by atoms with van der Waals surface area (Å²) in [6.07, 6.45) is 0. The third-order valence-electron chi connectivity index (χ3n) is 0.995. The van der Waals surface area contributed by atoms with Crippen LogP contribution in [-0.2, 0) is 14.3 Å². The number of carboxylic acids is 1. The van der Waals surface area contributed by atoms with Crippen LogP contribution in [0.4, 0.5) is 0 Å². The Morgan fingerprint density at radius 2 is 1.82 bits per heavy atom. The number of aliphatic carboxylic acids is 1. The van der Waals surface area contributed by atoms with Gasteiger partial charge in [-0.2, -0.15) is 25.3 Å². The van der Waals surface area contributed by atoms with Crippen LogP contribution in [0.3, 0.4) is 0 Å². The first kappa shape index (κ1) is 10.6. The van der Waals surface area contributed by atoms with E-state index in [1.54, 1.807) is 0 Å². The van der Waals surface area contributed by atoms with E-state index in [-0.39, 0.29) is 0 Å². The van der Waals surface area contributed by atoms with Crippen LogP contribution in [0.25, 0.3) is 0 Å². The van der Waals surface area contributed by atoms with Gasteiger partial charge in [-0.25, -0.2) is 0 Å². The van der Waals surface area contributed by atoms with Crippen molar-refractivity contribution in [1.82, 2.24) is 0 Å². The lowest BCUT2D eigenvalue weighted by molar-refractivity contribution is -0.144. The Bertz CT molecular complexity index is 170. The maximum absolute atomic E-state index is 10.6. The zero-order chi connectivity index (χ0) is 9.02. The highest BCUT2D eigenvalue weighted by atomic mass is 32.1. The first-order valence-corrected chi connectivity index (χ1v) is 3.70. The number of thiol groups is 2. The van der Waals surface area contributed by atoms with Crippen molar-refractivity contribution >= 4 is 37.2 Å². The van der Waals surface area contributed by atoms with Crippen molar-refractivity contribution in [1.29, 1.82) is 0 Å². The molecule has 0 amide bonds. The molecule has 0 aromatic heterocycles. The Balaban J connectivity index is 4.12. The smallest absolute Gasteiger partial charge is 0.320 e. The van der Waals surface area contributed by atoms with Crippen LogP contribution in [0.1, 0.15) is 0 Å². The molecule has 0 saturated carbocycles. The third kappa shape index (κ3) is 3.02. The lowest BCUT2D eigenvalue weighted by Gasteiger charge is -2.10. The Hall–Kier alpha value is -0.360. The predicted molar refractivity (Wildman–Crippen MR) is 45.2 cm³/mol. The van der Waals surface area contributed by atoms with Crippen molar-refractivity contribution in [2.75, 3.05) is 7.11 Å². The average molecular weight is 196 g/mol. The van der Waals surface area contributed by atoms with E-state index in [9.17, 15) is 9.59 Å². The zero-order valence-electron chi connectivity index (χ0n) is 5.72. The summed E-state index contributed by atoms with van der Waals surface area (Å²) in [5, 5.41) is 6.20. The number of esters is 1. The summed E-state index contributed by atoms with van der Waals surface area (Å²) in [6.45, 7) is 0. The molecule has 11 heavy (non-hydrogen) atoms. The molecule has 0 rings (SSSR count). The third-order valence-corrected chi connectivity index (χ3v) is 2.26. The number of carbonyl (C=O) groups excluding carboxylic acids is 1. The summed E-state index contributed by atoms with van der Waals surface area (Å²) in [5.41, 5.74) is 0. The summed E-state index contributed by atoms with van der Waals surface area (Å²) in [6, 6.07) is 0. The Morgan fingerprint density at radius 1 is 1.36 bits per heavy atom. The molecule has 1 N–H and O–H groups in total. The maximum atomic E-state index is 10.6. The van der Waals surface area contributed by atoms with Gasteiger partial charge in [-0.15, -0.1) is 0 Å². The molecule has 0 radical (unpaired) electrons. The van der Waals surface area contributed by atoms with Crippen LogP contribution in [0.15, 0.2) is 0 Å². The maximum Gasteiger partial charge on any atom is 0.320 e. The first-order chi connectivity index (χ1) is 5.00. The molecule has 64 valence electrons. The van der Waals surface area contributed by atoms with Gasteiger partial charge in [-0.05, 0) is 0 Å². The molecule has 0 fully saturated rings. The quantitative estimate of drug-likeness (QED) is 0.433. The summed E-state index contributed by atoms with van der Waals surface area (Å²) < 4.78 is 4.26. The van der Waals surface area contributed by atoms with Gasteiger partial charge < -0.3 is 9.84 Å². The SMILES string of the molecule is COC(=O)C(S)C(S)C(=O)O.